The number of nitrogens with one attached hydrogen (secondary N) is 4. The fraction of sp³-hybridized carbons (Fsp3) is 0.526. The van der Waals surface area contributed by atoms with Crippen LogP contribution in [0.2, 0.25) is 0 Å². The Morgan fingerprint density at radius 1 is 0.820 bits per heavy atom. The van der Waals surface area contributed by atoms with Crippen molar-refractivity contribution in [2.24, 2.45) is 0 Å². The molecule has 5 amide bonds. The molecule has 21 nitrogen and oxygen atoms in total. The number of aromatic nitrogens is 1. The maximum atomic E-state index is 13.8. The molecule has 0 radical (unpaired) electrons. The molecule has 4 rings (SSSR count). The third kappa shape index (κ3) is 14.7. The normalized spacial score (nSPS) is 17.8. The molecule has 330 valence electrons. The van der Waals surface area contributed by atoms with Crippen molar-refractivity contribution in [1.82, 2.24) is 40.5 Å². The second-order valence-electron chi connectivity index (χ2n) is 14.5. The molecule has 7 N–H and O–H groups in total. The quantitative estimate of drug-likeness (QED) is 0.0834. The summed E-state index contributed by atoms with van der Waals surface area (Å²) in [6, 6.07) is 5.23. The lowest BCUT2D eigenvalue weighted by Gasteiger charge is -2.30. The maximum absolute atomic E-state index is 13.8. The van der Waals surface area contributed by atoms with Crippen LogP contribution in [0.5, 0.6) is 0 Å². The van der Waals surface area contributed by atoms with Gasteiger partial charge in [0.05, 0.1) is 49.0 Å². The Hall–Kier alpha value is -6.38. The van der Waals surface area contributed by atoms with Crippen molar-refractivity contribution >= 4 is 64.0 Å². The molecule has 23 heteroatoms. The lowest BCUT2D eigenvalue weighted by atomic mass is 10.1. The first-order valence-corrected chi connectivity index (χ1v) is 19.4. The van der Waals surface area contributed by atoms with E-state index in [-0.39, 0.29) is 108 Å². The highest BCUT2D eigenvalue weighted by Gasteiger charge is 2.47. The molecular formula is C38H48F2N10O11. The summed E-state index contributed by atoms with van der Waals surface area (Å²) < 4.78 is 27.5. The third-order valence-corrected chi connectivity index (χ3v) is 10.0. The fourth-order valence-corrected chi connectivity index (χ4v) is 6.94. The number of hydrogen-bond acceptors (Lipinski definition) is 13. The second-order valence-corrected chi connectivity index (χ2v) is 14.5. The monoisotopic (exact) mass is 858 g/mol. The van der Waals surface area contributed by atoms with Crippen molar-refractivity contribution in [2.75, 3.05) is 83.9 Å². The third-order valence-electron chi connectivity index (χ3n) is 10.0. The molecule has 1 aromatic heterocycles. The Bertz CT molecular complexity index is 1990. The van der Waals surface area contributed by atoms with Crippen LogP contribution < -0.4 is 21.3 Å². The maximum Gasteiger partial charge on any atom is 0.320 e. The Kier molecular flexibility index (Phi) is 17.3. The van der Waals surface area contributed by atoms with Gasteiger partial charge in [0, 0.05) is 89.6 Å². The number of carbonyl (C=O) groups is 8. The van der Waals surface area contributed by atoms with E-state index in [9.17, 15) is 62.5 Å². The SMILES string of the molecule is N#C[C@@H]1CC(F)(F)CN1C(=O)CNC(=O)c1ccnc2c(NC(=O)CCC(=O)NCCNC(=O)CC[C@@H](C(=O)O)N3CCN(CC(=O)O)CCN(CC(=O)O)CC3)cccc12. The summed E-state index contributed by atoms with van der Waals surface area (Å²) in [5, 5.41) is 48.2. The van der Waals surface area contributed by atoms with E-state index in [2.05, 4.69) is 26.3 Å². The highest BCUT2D eigenvalue weighted by molar-refractivity contribution is 6.10. The highest BCUT2D eigenvalue weighted by atomic mass is 19.3. The van der Waals surface area contributed by atoms with Gasteiger partial charge in [-0.05, 0) is 18.6 Å². The molecule has 0 bridgehead atoms. The summed E-state index contributed by atoms with van der Waals surface area (Å²) in [6.07, 6.45) is -0.226. The number of fused-ring (bicyclic) bond motifs is 1. The van der Waals surface area contributed by atoms with Crippen LogP contribution in [0.25, 0.3) is 10.9 Å². The summed E-state index contributed by atoms with van der Waals surface area (Å²) in [6.45, 7) is -0.783. The smallest absolute Gasteiger partial charge is 0.320 e. The summed E-state index contributed by atoms with van der Waals surface area (Å²) in [5.41, 5.74) is 0.515. The van der Waals surface area contributed by atoms with Crippen LogP contribution in [0.1, 0.15) is 42.5 Å². The molecule has 0 spiro atoms. The number of halogens is 2. The van der Waals surface area contributed by atoms with E-state index in [0.717, 1.165) is 4.90 Å². The standard InChI is InChI=1S/C38H48F2N10O11/c39-38(40)18-24(19-41)50(23-38)32(54)20-45-36(59)26-8-9-44-35-25(26)2-1-3-27(35)46-31(53)7-6-30(52)43-11-10-42-29(51)5-4-28(37(60)61)49-16-14-47(21-33(55)56)12-13-48(15-17-49)22-34(57)58/h1-3,8-9,24,28H,4-7,10-18,20-23H2,(H,42,51)(H,43,52)(H,45,59)(H,46,53)(H,55,56)(H,57,58)(H,60,61)/t24-,28-/m0/s1. The predicted octanol–water partition coefficient (Wildman–Crippen LogP) is -1.00. The zero-order valence-electron chi connectivity index (χ0n) is 33.1. The van der Waals surface area contributed by atoms with Crippen LogP contribution in [-0.2, 0) is 33.6 Å². The number of carboxylic acids is 3. The highest BCUT2D eigenvalue weighted by Crippen LogP contribution is 2.31. The van der Waals surface area contributed by atoms with Crippen molar-refractivity contribution in [3.8, 4) is 6.07 Å². The van der Waals surface area contributed by atoms with Gasteiger partial charge in [0.1, 0.15) is 12.1 Å². The first kappa shape index (κ1) is 47.3. The van der Waals surface area contributed by atoms with E-state index in [4.69, 9.17) is 5.26 Å². The van der Waals surface area contributed by atoms with E-state index in [1.807, 2.05) is 0 Å². The second kappa shape index (κ2) is 22.3. The first-order valence-electron chi connectivity index (χ1n) is 19.4. The van der Waals surface area contributed by atoms with E-state index in [1.54, 1.807) is 32.9 Å². The van der Waals surface area contributed by atoms with Gasteiger partial charge in [-0.15, -0.1) is 0 Å². The van der Waals surface area contributed by atoms with Gasteiger partial charge < -0.3 is 41.5 Å². The minimum absolute atomic E-state index is 0.00654. The summed E-state index contributed by atoms with van der Waals surface area (Å²) >= 11 is 0. The van der Waals surface area contributed by atoms with Crippen LogP contribution in [0.15, 0.2) is 30.5 Å². The molecule has 2 saturated heterocycles. The number of rotatable bonds is 19. The van der Waals surface area contributed by atoms with Gasteiger partial charge in [0.2, 0.25) is 23.6 Å². The van der Waals surface area contributed by atoms with E-state index in [0.29, 0.717) is 5.39 Å². The molecule has 0 aliphatic carbocycles. The number of benzene rings is 1. The number of aliphatic carboxylic acids is 3. The van der Waals surface area contributed by atoms with Gasteiger partial charge in [-0.3, -0.25) is 58.0 Å². The summed E-state index contributed by atoms with van der Waals surface area (Å²) in [5.74, 6) is -9.66. The van der Waals surface area contributed by atoms with E-state index >= 15 is 0 Å². The molecule has 2 aliphatic rings. The van der Waals surface area contributed by atoms with Gasteiger partial charge in [-0.1, -0.05) is 12.1 Å². The van der Waals surface area contributed by atoms with Crippen molar-refractivity contribution in [2.45, 2.75) is 50.1 Å². The van der Waals surface area contributed by atoms with Gasteiger partial charge in [-0.25, -0.2) is 8.78 Å². The molecule has 61 heavy (non-hydrogen) atoms. The Labute approximate surface area is 348 Å². The van der Waals surface area contributed by atoms with Gasteiger partial charge in [0.25, 0.3) is 11.8 Å². The molecule has 2 aliphatic heterocycles. The van der Waals surface area contributed by atoms with E-state index in [1.165, 1.54) is 18.3 Å². The van der Waals surface area contributed by atoms with Crippen molar-refractivity contribution in [3.63, 3.8) is 0 Å². The van der Waals surface area contributed by atoms with Gasteiger partial charge in [-0.2, -0.15) is 5.26 Å². The molecule has 2 aromatic rings. The largest absolute Gasteiger partial charge is 0.480 e. The fourth-order valence-electron chi connectivity index (χ4n) is 6.94. The molecule has 0 saturated carbocycles. The Morgan fingerprint density at radius 3 is 2.00 bits per heavy atom. The number of carboxylic acid groups (broad SMARTS) is 3. The topological polar surface area (TPSA) is 295 Å². The number of carbonyl (C=O) groups excluding carboxylic acids is 5. The van der Waals surface area contributed by atoms with Crippen molar-refractivity contribution < 1.29 is 62.5 Å². The van der Waals surface area contributed by atoms with Crippen LogP contribution in [0, 0.1) is 11.3 Å². The van der Waals surface area contributed by atoms with Crippen LogP contribution in [0.3, 0.4) is 0 Å². The lowest BCUT2D eigenvalue weighted by Crippen LogP contribution is -2.47. The van der Waals surface area contributed by atoms with Crippen LogP contribution >= 0.6 is 0 Å². The number of pyridine rings is 1. The zero-order valence-corrected chi connectivity index (χ0v) is 33.1. The number of nitriles is 1. The molecule has 3 heterocycles. The number of nitrogens with zero attached hydrogens (tertiary/aromatic N) is 6. The van der Waals surface area contributed by atoms with Crippen LogP contribution in [-0.4, -0.2) is 184 Å². The van der Waals surface area contributed by atoms with E-state index < -0.39 is 85.0 Å². The Morgan fingerprint density at radius 2 is 1.41 bits per heavy atom. The molecule has 0 unspecified atom stereocenters. The number of anilines is 1. The molecule has 2 fully saturated rings. The number of para-hydroxylation sites is 1. The Balaban J connectivity index is 1.20. The predicted molar refractivity (Wildman–Crippen MR) is 209 cm³/mol. The van der Waals surface area contributed by atoms with Crippen molar-refractivity contribution in [3.05, 3.63) is 36.0 Å². The average molecular weight is 859 g/mol. The minimum Gasteiger partial charge on any atom is -0.480 e. The number of likely N-dealkylation sites (tertiary alicyclic amines) is 1. The first-order chi connectivity index (χ1) is 29.0. The number of hydrogen-bond donors (Lipinski definition) is 7. The molecular weight excluding hydrogens is 810 g/mol. The van der Waals surface area contributed by atoms with Crippen LogP contribution in [0.4, 0.5) is 14.5 Å². The number of amides is 5. The lowest BCUT2D eigenvalue weighted by molar-refractivity contribution is -0.145. The summed E-state index contributed by atoms with van der Waals surface area (Å²) in [4.78, 5) is 108. The zero-order chi connectivity index (χ0) is 44.7. The molecule has 1 aromatic carbocycles. The minimum atomic E-state index is -3.21. The number of alkyl halides is 2. The van der Waals surface area contributed by atoms with Gasteiger partial charge >= 0.3 is 17.9 Å². The average Bonchev–Trinajstić information content (AvgIpc) is 3.57. The van der Waals surface area contributed by atoms with Gasteiger partial charge in [0.15, 0.2) is 0 Å². The van der Waals surface area contributed by atoms with Crippen molar-refractivity contribution in [1.29, 1.82) is 5.26 Å². The molecule has 2 atom stereocenters. The summed E-state index contributed by atoms with van der Waals surface area (Å²) in [7, 11) is 0.